The van der Waals surface area contributed by atoms with Gasteiger partial charge in [0.1, 0.15) is 5.03 Å². The van der Waals surface area contributed by atoms with E-state index in [1.54, 1.807) is 19.1 Å². The van der Waals surface area contributed by atoms with Crippen molar-refractivity contribution in [2.24, 2.45) is 10.9 Å². The standard InChI is InChI=1S/C20H17N3O3S2/c1-12-17(19(26)23-13-6-3-2-4-7-13)18(15-8-5-9-27-15)14(10-21)20(22-12)28-11-16(24)25/h2-9,17-18H,11H2,1H3,(H,23,26)(H,24,25)/p-1/t17?,18-/m0/s1. The van der Waals surface area contributed by atoms with Crippen LogP contribution in [0.1, 0.15) is 17.7 Å². The van der Waals surface area contributed by atoms with Crippen LogP contribution in [-0.2, 0) is 9.59 Å². The van der Waals surface area contributed by atoms with E-state index >= 15 is 0 Å². The Morgan fingerprint density at radius 3 is 2.64 bits per heavy atom. The van der Waals surface area contributed by atoms with E-state index in [9.17, 15) is 20.0 Å². The van der Waals surface area contributed by atoms with Gasteiger partial charge in [-0.25, -0.2) is 4.99 Å². The molecule has 2 atom stereocenters. The Morgan fingerprint density at radius 1 is 1.29 bits per heavy atom. The number of carbonyl (C=O) groups is 2. The number of thioether (sulfide) groups is 1. The Morgan fingerprint density at radius 2 is 2.04 bits per heavy atom. The van der Waals surface area contributed by atoms with Crippen molar-refractivity contribution in [3.05, 3.63) is 63.3 Å². The largest absolute Gasteiger partial charge is 0.549 e. The van der Waals surface area contributed by atoms with Gasteiger partial charge in [-0.15, -0.1) is 11.3 Å². The molecule has 28 heavy (non-hydrogen) atoms. The molecule has 1 N–H and O–H groups in total. The number of aliphatic imine (C=N–C) groups is 1. The van der Waals surface area contributed by atoms with E-state index in [2.05, 4.69) is 16.4 Å². The number of allylic oxidation sites excluding steroid dienone is 1. The summed E-state index contributed by atoms with van der Waals surface area (Å²) in [6.07, 6.45) is 0. The van der Waals surface area contributed by atoms with Gasteiger partial charge in [0.2, 0.25) is 5.91 Å². The Bertz CT molecular complexity index is 976. The number of nitriles is 1. The van der Waals surface area contributed by atoms with Crippen LogP contribution in [0, 0.1) is 17.2 Å². The quantitative estimate of drug-likeness (QED) is 0.788. The molecule has 0 spiro atoms. The minimum atomic E-state index is -1.24. The highest BCUT2D eigenvalue weighted by molar-refractivity contribution is 8.03. The van der Waals surface area contributed by atoms with Crippen molar-refractivity contribution < 1.29 is 14.7 Å². The molecule has 142 valence electrons. The molecule has 0 saturated heterocycles. The zero-order valence-electron chi connectivity index (χ0n) is 14.9. The predicted octanol–water partition coefficient (Wildman–Crippen LogP) is 2.78. The normalized spacial score (nSPS) is 18.9. The number of nitrogens with one attached hydrogen (secondary N) is 1. The Balaban J connectivity index is 2.00. The number of thiophene rings is 1. The van der Waals surface area contributed by atoms with Crippen LogP contribution in [0.2, 0.25) is 0 Å². The summed E-state index contributed by atoms with van der Waals surface area (Å²) in [5.41, 5.74) is 1.49. The fourth-order valence-corrected chi connectivity index (χ4v) is 4.71. The van der Waals surface area contributed by atoms with Crippen LogP contribution in [0.25, 0.3) is 0 Å². The first-order valence-corrected chi connectivity index (χ1v) is 10.3. The van der Waals surface area contributed by atoms with Crippen LogP contribution in [0.5, 0.6) is 0 Å². The molecule has 1 amide bonds. The van der Waals surface area contributed by atoms with Crippen molar-refractivity contribution in [3.8, 4) is 6.07 Å². The first-order chi connectivity index (χ1) is 13.5. The highest BCUT2D eigenvalue weighted by Gasteiger charge is 2.40. The maximum absolute atomic E-state index is 13.1. The second kappa shape index (κ2) is 8.87. The van der Waals surface area contributed by atoms with Gasteiger partial charge in [0.15, 0.2) is 0 Å². The van der Waals surface area contributed by atoms with E-state index in [1.807, 2.05) is 35.7 Å². The maximum Gasteiger partial charge on any atom is 0.234 e. The van der Waals surface area contributed by atoms with E-state index in [-0.39, 0.29) is 11.7 Å². The van der Waals surface area contributed by atoms with Crippen LogP contribution in [-0.4, -0.2) is 23.3 Å². The average Bonchev–Trinajstić information content (AvgIpc) is 3.20. The third kappa shape index (κ3) is 4.32. The van der Waals surface area contributed by atoms with E-state index in [0.717, 1.165) is 16.6 Å². The van der Waals surface area contributed by atoms with Crippen molar-refractivity contribution in [2.75, 3.05) is 11.1 Å². The second-order valence-electron chi connectivity index (χ2n) is 6.07. The van der Waals surface area contributed by atoms with Crippen molar-refractivity contribution in [2.45, 2.75) is 12.8 Å². The molecule has 1 aliphatic heterocycles. The molecule has 0 aliphatic carbocycles. The number of nitrogens with zero attached hydrogens (tertiary/aromatic N) is 2. The number of carbonyl (C=O) groups excluding carboxylic acids is 2. The zero-order valence-corrected chi connectivity index (χ0v) is 16.5. The van der Waals surface area contributed by atoms with Crippen molar-refractivity contribution in [1.29, 1.82) is 5.26 Å². The highest BCUT2D eigenvalue weighted by atomic mass is 32.2. The summed E-state index contributed by atoms with van der Waals surface area (Å²) in [5.74, 6) is -2.99. The van der Waals surface area contributed by atoms with Gasteiger partial charge in [0.05, 0.1) is 23.5 Å². The molecule has 6 nitrogen and oxygen atoms in total. The molecule has 1 aliphatic rings. The van der Waals surface area contributed by atoms with Gasteiger partial charge in [-0.05, 0) is 30.5 Å². The number of hydrogen-bond acceptors (Lipinski definition) is 7. The molecule has 0 radical (unpaired) electrons. The molecule has 0 bridgehead atoms. The van der Waals surface area contributed by atoms with Gasteiger partial charge in [-0.2, -0.15) is 5.26 Å². The fourth-order valence-electron chi connectivity index (χ4n) is 3.04. The van der Waals surface area contributed by atoms with Gasteiger partial charge in [0, 0.05) is 27.9 Å². The first-order valence-electron chi connectivity index (χ1n) is 8.42. The highest BCUT2D eigenvalue weighted by Crippen LogP contribution is 2.43. The van der Waals surface area contributed by atoms with E-state index in [1.165, 1.54) is 11.3 Å². The van der Waals surface area contributed by atoms with Crippen LogP contribution in [0.15, 0.2) is 63.4 Å². The number of carboxylic acids is 1. The third-order valence-electron chi connectivity index (χ3n) is 4.22. The molecule has 2 aromatic rings. The molecule has 3 rings (SSSR count). The van der Waals surface area contributed by atoms with Crippen LogP contribution in [0.3, 0.4) is 0 Å². The van der Waals surface area contributed by atoms with Gasteiger partial charge >= 0.3 is 0 Å². The van der Waals surface area contributed by atoms with Crippen molar-refractivity contribution >= 4 is 46.4 Å². The SMILES string of the molecule is CC1=NC(SCC(=O)[O-])=C(C#N)[C@@H](c2cccs2)C1C(=O)Nc1ccccc1. The van der Waals surface area contributed by atoms with Crippen molar-refractivity contribution in [3.63, 3.8) is 0 Å². The van der Waals surface area contributed by atoms with E-state index in [0.29, 0.717) is 22.0 Å². The molecule has 1 unspecified atom stereocenters. The molecule has 2 heterocycles. The molecule has 1 aromatic carbocycles. The summed E-state index contributed by atoms with van der Waals surface area (Å²) in [6, 6.07) is 15.0. The minimum absolute atomic E-state index is 0.262. The lowest BCUT2D eigenvalue weighted by Crippen LogP contribution is -2.36. The van der Waals surface area contributed by atoms with Crippen LogP contribution < -0.4 is 10.4 Å². The van der Waals surface area contributed by atoms with Crippen molar-refractivity contribution in [1.82, 2.24) is 0 Å². The molecule has 0 saturated carbocycles. The Kier molecular flexibility index (Phi) is 6.29. The fraction of sp³-hybridized carbons (Fsp3) is 0.200. The second-order valence-corrected chi connectivity index (χ2v) is 8.01. The number of rotatable bonds is 6. The topological polar surface area (TPSA) is 105 Å². The summed E-state index contributed by atoms with van der Waals surface area (Å²) < 4.78 is 0. The summed E-state index contributed by atoms with van der Waals surface area (Å²) in [6.45, 7) is 1.73. The maximum atomic E-state index is 13.1. The van der Waals surface area contributed by atoms with Gasteiger partial charge < -0.3 is 15.2 Å². The number of aliphatic carboxylic acids is 1. The smallest absolute Gasteiger partial charge is 0.234 e. The monoisotopic (exact) mass is 410 g/mol. The molecule has 0 fully saturated rings. The Hall–Kier alpha value is -2.89. The average molecular weight is 411 g/mol. The number of amides is 1. The molecular formula is C20H16N3O3S2-. The summed E-state index contributed by atoms with van der Waals surface area (Å²) in [7, 11) is 0. The lowest BCUT2D eigenvalue weighted by Gasteiger charge is -2.30. The van der Waals surface area contributed by atoms with Crippen LogP contribution >= 0.6 is 23.1 Å². The number of carboxylic acid groups (broad SMARTS) is 1. The van der Waals surface area contributed by atoms with Crippen LogP contribution in [0.4, 0.5) is 5.69 Å². The summed E-state index contributed by atoms with van der Waals surface area (Å²) in [4.78, 5) is 29.2. The number of benzene rings is 1. The number of para-hydroxylation sites is 1. The van der Waals surface area contributed by atoms with E-state index in [4.69, 9.17) is 0 Å². The minimum Gasteiger partial charge on any atom is -0.549 e. The number of anilines is 1. The predicted molar refractivity (Wildman–Crippen MR) is 109 cm³/mol. The van der Waals surface area contributed by atoms with E-state index < -0.39 is 17.8 Å². The zero-order chi connectivity index (χ0) is 20.1. The van der Waals surface area contributed by atoms with Gasteiger partial charge in [-0.1, -0.05) is 36.0 Å². The summed E-state index contributed by atoms with van der Waals surface area (Å²) >= 11 is 2.39. The molecule has 1 aromatic heterocycles. The molecular weight excluding hydrogens is 394 g/mol. The molecule has 8 heteroatoms. The summed E-state index contributed by atoms with van der Waals surface area (Å²) in [5, 5.41) is 25.7. The lowest BCUT2D eigenvalue weighted by molar-refractivity contribution is -0.301. The lowest BCUT2D eigenvalue weighted by atomic mass is 9.80. The number of hydrogen-bond donors (Lipinski definition) is 1. The Labute approximate surface area is 170 Å². The van der Waals surface area contributed by atoms with Gasteiger partial charge in [-0.3, -0.25) is 4.79 Å². The first kappa shape index (κ1) is 19.9. The van der Waals surface area contributed by atoms with Gasteiger partial charge in [0.25, 0.3) is 0 Å². The third-order valence-corrected chi connectivity index (χ3v) is 6.14.